The van der Waals surface area contributed by atoms with E-state index in [1.165, 1.54) is 6.42 Å². The lowest BCUT2D eigenvalue weighted by Gasteiger charge is -2.21. The lowest BCUT2D eigenvalue weighted by atomic mass is 10.1. The molecule has 2 heterocycles. The summed E-state index contributed by atoms with van der Waals surface area (Å²) in [6.07, 6.45) is 6.56. The fraction of sp³-hybridized carbons (Fsp3) is 0.688. The molecular formula is C16H26FN3O2. The first-order chi connectivity index (χ1) is 10.9. The molecule has 1 unspecified atom stereocenters. The molecule has 1 aromatic heterocycles. The molecule has 0 spiro atoms. The van der Waals surface area contributed by atoms with Crippen LogP contribution in [0.25, 0.3) is 0 Å². The van der Waals surface area contributed by atoms with E-state index in [4.69, 9.17) is 9.15 Å². The van der Waals surface area contributed by atoms with Crippen molar-refractivity contribution >= 4 is 5.96 Å². The highest BCUT2D eigenvalue weighted by Gasteiger charge is 2.13. The van der Waals surface area contributed by atoms with Crippen molar-refractivity contribution in [3.8, 4) is 0 Å². The monoisotopic (exact) mass is 311 g/mol. The summed E-state index contributed by atoms with van der Waals surface area (Å²) in [6, 6.07) is 3.83. The van der Waals surface area contributed by atoms with Gasteiger partial charge in [-0.15, -0.1) is 0 Å². The molecule has 1 aliphatic rings. The number of alkyl halides is 1. The molecule has 124 valence electrons. The number of guanidine groups is 1. The van der Waals surface area contributed by atoms with Crippen LogP contribution >= 0.6 is 0 Å². The third-order valence-corrected chi connectivity index (χ3v) is 3.57. The van der Waals surface area contributed by atoms with Gasteiger partial charge in [-0.3, -0.25) is 9.38 Å². The second kappa shape index (κ2) is 10.2. The van der Waals surface area contributed by atoms with E-state index in [9.17, 15) is 4.39 Å². The number of rotatable bonds is 8. The zero-order valence-electron chi connectivity index (χ0n) is 13.0. The van der Waals surface area contributed by atoms with Gasteiger partial charge in [-0.05, 0) is 37.8 Å². The molecule has 0 bridgehead atoms. The molecule has 1 aliphatic heterocycles. The van der Waals surface area contributed by atoms with Crippen LogP contribution < -0.4 is 10.6 Å². The lowest BCUT2D eigenvalue weighted by Crippen LogP contribution is -2.40. The van der Waals surface area contributed by atoms with Crippen molar-refractivity contribution in [3.63, 3.8) is 0 Å². The molecule has 0 radical (unpaired) electrons. The number of furan rings is 1. The van der Waals surface area contributed by atoms with Gasteiger partial charge in [-0.25, -0.2) is 0 Å². The van der Waals surface area contributed by atoms with Gasteiger partial charge >= 0.3 is 0 Å². The average Bonchev–Trinajstić information content (AvgIpc) is 3.06. The normalized spacial score (nSPS) is 19.1. The van der Waals surface area contributed by atoms with Crippen LogP contribution in [0.4, 0.5) is 4.39 Å². The SMILES string of the molecule is FCCCNC(=NCC1CCCCO1)NCCc1ccco1. The molecule has 6 heteroatoms. The second-order valence-electron chi connectivity index (χ2n) is 5.40. The highest BCUT2D eigenvalue weighted by molar-refractivity contribution is 5.79. The van der Waals surface area contributed by atoms with Crippen LogP contribution in [0.15, 0.2) is 27.8 Å². The molecule has 2 rings (SSSR count). The first-order valence-corrected chi connectivity index (χ1v) is 8.10. The van der Waals surface area contributed by atoms with Gasteiger partial charge in [0.1, 0.15) is 5.76 Å². The lowest BCUT2D eigenvalue weighted by molar-refractivity contribution is 0.0224. The van der Waals surface area contributed by atoms with Crippen LogP contribution in [0.3, 0.4) is 0 Å². The first kappa shape index (κ1) is 16.8. The Balaban J connectivity index is 1.75. The number of hydrogen-bond acceptors (Lipinski definition) is 3. The molecular weight excluding hydrogens is 285 g/mol. The smallest absolute Gasteiger partial charge is 0.191 e. The molecule has 1 atom stereocenters. The number of nitrogens with one attached hydrogen (secondary N) is 2. The van der Waals surface area contributed by atoms with Crippen LogP contribution in [0, 0.1) is 0 Å². The quantitative estimate of drug-likeness (QED) is 0.439. The fourth-order valence-corrected chi connectivity index (χ4v) is 2.35. The van der Waals surface area contributed by atoms with Crippen molar-refractivity contribution in [1.29, 1.82) is 0 Å². The van der Waals surface area contributed by atoms with E-state index in [1.54, 1.807) is 6.26 Å². The Bertz CT molecular complexity index is 417. The van der Waals surface area contributed by atoms with Crippen molar-refractivity contribution in [1.82, 2.24) is 10.6 Å². The molecule has 1 saturated heterocycles. The Morgan fingerprint density at radius 3 is 2.95 bits per heavy atom. The Morgan fingerprint density at radius 2 is 2.23 bits per heavy atom. The summed E-state index contributed by atoms with van der Waals surface area (Å²) in [7, 11) is 0. The third kappa shape index (κ3) is 6.47. The standard InChI is InChI=1S/C16H26FN3O2/c17-8-4-9-18-16(19-10-7-14-6-3-12-21-14)20-13-15-5-1-2-11-22-15/h3,6,12,15H,1-2,4-5,7-11,13H2,(H2,18,19,20). The Kier molecular flexibility index (Phi) is 7.80. The number of hydrogen-bond donors (Lipinski definition) is 2. The van der Waals surface area contributed by atoms with Gasteiger partial charge in [-0.1, -0.05) is 0 Å². The second-order valence-corrected chi connectivity index (χ2v) is 5.40. The van der Waals surface area contributed by atoms with Crippen LogP contribution in [-0.2, 0) is 11.2 Å². The summed E-state index contributed by atoms with van der Waals surface area (Å²) in [4.78, 5) is 4.55. The molecule has 1 fully saturated rings. The van der Waals surface area contributed by atoms with E-state index in [2.05, 4.69) is 15.6 Å². The Morgan fingerprint density at radius 1 is 1.32 bits per heavy atom. The summed E-state index contributed by atoms with van der Waals surface area (Å²) in [5.41, 5.74) is 0. The maximum atomic E-state index is 12.2. The molecule has 0 aromatic carbocycles. The minimum Gasteiger partial charge on any atom is -0.469 e. The van der Waals surface area contributed by atoms with Crippen molar-refractivity contribution in [3.05, 3.63) is 24.2 Å². The van der Waals surface area contributed by atoms with Gasteiger partial charge < -0.3 is 19.8 Å². The van der Waals surface area contributed by atoms with Gasteiger partial charge in [0.2, 0.25) is 0 Å². The van der Waals surface area contributed by atoms with Gasteiger partial charge in [0.15, 0.2) is 5.96 Å². The van der Waals surface area contributed by atoms with E-state index in [-0.39, 0.29) is 12.8 Å². The minimum absolute atomic E-state index is 0.207. The van der Waals surface area contributed by atoms with E-state index in [0.29, 0.717) is 25.5 Å². The predicted molar refractivity (Wildman–Crippen MR) is 84.9 cm³/mol. The molecule has 0 aliphatic carbocycles. The van der Waals surface area contributed by atoms with Crippen LogP contribution in [0.2, 0.25) is 0 Å². The maximum absolute atomic E-state index is 12.2. The maximum Gasteiger partial charge on any atom is 0.191 e. The Hall–Kier alpha value is -1.56. The van der Waals surface area contributed by atoms with Crippen molar-refractivity contribution in [2.45, 2.75) is 38.2 Å². The fourth-order valence-electron chi connectivity index (χ4n) is 2.35. The topological polar surface area (TPSA) is 58.8 Å². The molecule has 0 amide bonds. The summed E-state index contributed by atoms with van der Waals surface area (Å²) in [5.74, 6) is 1.65. The number of ether oxygens (including phenoxy) is 1. The number of aliphatic imine (C=N–C) groups is 1. The molecule has 0 saturated carbocycles. The van der Waals surface area contributed by atoms with E-state index < -0.39 is 0 Å². The minimum atomic E-state index is -0.321. The first-order valence-electron chi connectivity index (χ1n) is 8.10. The van der Waals surface area contributed by atoms with Gasteiger partial charge in [0.25, 0.3) is 0 Å². The summed E-state index contributed by atoms with van der Waals surface area (Å²) in [5, 5.41) is 6.41. The highest BCUT2D eigenvalue weighted by Crippen LogP contribution is 2.12. The molecule has 22 heavy (non-hydrogen) atoms. The number of halogens is 1. The molecule has 2 N–H and O–H groups in total. The van der Waals surface area contributed by atoms with Crippen molar-refractivity contribution < 1.29 is 13.5 Å². The van der Waals surface area contributed by atoms with Gasteiger partial charge in [0, 0.05) is 26.1 Å². The molecule has 1 aromatic rings. The van der Waals surface area contributed by atoms with Crippen molar-refractivity contribution in [2.75, 3.05) is 32.9 Å². The van der Waals surface area contributed by atoms with E-state index in [1.807, 2.05) is 12.1 Å². The zero-order chi connectivity index (χ0) is 15.5. The van der Waals surface area contributed by atoms with Gasteiger partial charge in [-0.2, -0.15) is 0 Å². The molecule has 5 nitrogen and oxygen atoms in total. The average molecular weight is 311 g/mol. The van der Waals surface area contributed by atoms with Crippen LogP contribution in [0.1, 0.15) is 31.4 Å². The van der Waals surface area contributed by atoms with E-state index in [0.717, 1.165) is 38.2 Å². The third-order valence-electron chi connectivity index (χ3n) is 3.57. The summed E-state index contributed by atoms with van der Waals surface area (Å²) in [6.45, 7) is 2.45. The summed E-state index contributed by atoms with van der Waals surface area (Å²) < 4.78 is 23.2. The Labute approximate surface area is 131 Å². The summed E-state index contributed by atoms with van der Waals surface area (Å²) >= 11 is 0. The largest absolute Gasteiger partial charge is 0.469 e. The van der Waals surface area contributed by atoms with Crippen LogP contribution in [0.5, 0.6) is 0 Å². The van der Waals surface area contributed by atoms with Gasteiger partial charge in [0.05, 0.1) is 25.6 Å². The predicted octanol–water partition coefficient (Wildman–Crippen LogP) is 2.29. The van der Waals surface area contributed by atoms with Crippen molar-refractivity contribution in [2.24, 2.45) is 4.99 Å². The van der Waals surface area contributed by atoms with Crippen LogP contribution in [-0.4, -0.2) is 45.0 Å². The number of nitrogens with zero attached hydrogens (tertiary/aromatic N) is 1. The zero-order valence-corrected chi connectivity index (χ0v) is 13.0. The highest BCUT2D eigenvalue weighted by atomic mass is 19.1. The van der Waals surface area contributed by atoms with E-state index >= 15 is 0 Å².